The summed E-state index contributed by atoms with van der Waals surface area (Å²) in [5.41, 5.74) is 1.11. The van der Waals surface area contributed by atoms with Gasteiger partial charge in [0.2, 0.25) is 5.91 Å². The molecule has 0 saturated heterocycles. The summed E-state index contributed by atoms with van der Waals surface area (Å²) < 4.78 is 5.08. The first-order chi connectivity index (χ1) is 9.19. The maximum atomic E-state index is 11.6. The Morgan fingerprint density at radius 3 is 2.68 bits per heavy atom. The molecule has 1 amide bonds. The normalized spacial score (nSPS) is 15.9. The molecule has 4 nitrogen and oxygen atoms in total. The van der Waals surface area contributed by atoms with Crippen LogP contribution in [0.2, 0.25) is 0 Å². The highest BCUT2D eigenvalue weighted by Crippen LogP contribution is 2.32. The van der Waals surface area contributed by atoms with Gasteiger partial charge in [0.15, 0.2) is 0 Å². The number of rotatable bonds is 7. The van der Waals surface area contributed by atoms with Crippen LogP contribution in [-0.2, 0) is 11.2 Å². The van der Waals surface area contributed by atoms with Crippen LogP contribution in [0.3, 0.4) is 0 Å². The molecule has 1 aromatic carbocycles. The SMILES string of the molecule is COc1ccc(CCC(=O)NCC(O)C2CC2)cc1. The third-order valence-corrected chi connectivity index (χ3v) is 3.47. The quantitative estimate of drug-likeness (QED) is 0.784. The average molecular weight is 263 g/mol. The number of aliphatic hydroxyl groups is 1. The minimum Gasteiger partial charge on any atom is -0.497 e. The molecule has 0 aliphatic heterocycles. The van der Waals surface area contributed by atoms with Crippen LogP contribution in [0.25, 0.3) is 0 Å². The number of amides is 1. The van der Waals surface area contributed by atoms with Crippen LogP contribution in [0.1, 0.15) is 24.8 Å². The fourth-order valence-electron chi connectivity index (χ4n) is 2.00. The topological polar surface area (TPSA) is 58.6 Å². The molecule has 1 atom stereocenters. The minimum absolute atomic E-state index is 0.00415. The maximum Gasteiger partial charge on any atom is 0.220 e. The summed E-state index contributed by atoms with van der Waals surface area (Å²) in [6.07, 6.45) is 2.95. The first kappa shape index (κ1) is 13.9. The van der Waals surface area contributed by atoms with Crippen LogP contribution in [0.15, 0.2) is 24.3 Å². The average Bonchev–Trinajstić information content (AvgIpc) is 3.27. The number of ether oxygens (including phenoxy) is 1. The van der Waals surface area contributed by atoms with Gasteiger partial charge < -0.3 is 15.2 Å². The molecular weight excluding hydrogens is 242 g/mol. The zero-order valence-electron chi connectivity index (χ0n) is 11.3. The number of carbonyl (C=O) groups is 1. The van der Waals surface area contributed by atoms with Crippen molar-refractivity contribution in [2.75, 3.05) is 13.7 Å². The van der Waals surface area contributed by atoms with E-state index in [2.05, 4.69) is 5.32 Å². The van der Waals surface area contributed by atoms with Gasteiger partial charge in [-0.15, -0.1) is 0 Å². The van der Waals surface area contributed by atoms with Crippen LogP contribution in [0.4, 0.5) is 0 Å². The molecule has 2 N–H and O–H groups in total. The van der Waals surface area contributed by atoms with Crippen LogP contribution in [0.5, 0.6) is 5.75 Å². The molecule has 1 saturated carbocycles. The highest BCUT2D eigenvalue weighted by atomic mass is 16.5. The number of nitrogens with one attached hydrogen (secondary N) is 1. The van der Waals surface area contributed by atoms with Crippen molar-refractivity contribution >= 4 is 5.91 Å². The van der Waals surface area contributed by atoms with Gasteiger partial charge in [0.25, 0.3) is 0 Å². The molecule has 1 fully saturated rings. The third-order valence-electron chi connectivity index (χ3n) is 3.47. The Morgan fingerprint density at radius 1 is 1.42 bits per heavy atom. The summed E-state index contributed by atoms with van der Waals surface area (Å²) in [6.45, 7) is 0.381. The van der Waals surface area contributed by atoms with Crippen molar-refractivity contribution in [2.24, 2.45) is 5.92 Å². The molecule has 0 spiro atoms. The van der Waals surface area contributed by atoms with E-state index >= 15 is 0 Å². The van der Waals surface area contributed by atoms with E-state index in [-0.39, 0.29) is 12.0 Å². The van der Waals surface area contributed by atoms with Gasteiger partial charge in [-0.3, -0.25) is 4.79 Å². The van der Waals surface area contributed by atoms with E-state index in [1.54, 1.807) is 7.11 Å². The Kier molecular flexibility index (Phi) is 4.80. The van der Waals surface area contributed by atoms with Crippen LogP contribution < -0.4 is 10.1 Å². The summed E-state index contributed by atoms with van der Waals surface area (Å²) in [6, 6.07) is 7.71. The van der Waals surface area contributed by atoms with Crippen LogP contribution >= 0.6 is 0 Å². The van der Waals surface area contributed by atoms with E-state index in [4.69, 9.17) is 4.74 Å². The molecule has 2 rings (SSSR count). The van der Waals surface area contributed by atoms with Crippen LogP contribution in [0, 0.1) is 5.92 Å². The lowest BCUT2D eigenvalue weighted by atomic mass is 10.1. The standard InChI is InChI=1S/C15H21NO3/c1-19-13-7-2-11(3-8-13)4-9-15(18)16-10-14(17)12-5-6-12/h2-3,7-8,12,14,17H,4-6,9-10H2,1H3,(H,16,18). The van der Waals surface area contributed by atoms with Gasteiger partial charge in [-0.1, -0.05) is 12.1 Å². The van der Waals surface area contributed by atoms with Gasteiger partial charge in [-0.25, -0.2) is 0 Å². The van der Waals surface area contributed by atoms with E-state index in [0.717, 1.165) is 24.2 Å². The van der Waals surface area contributed by atoms with Crippen LogP contribution in [-0.4, -0.2) is 30.8 Å². The lowest BCUT2D eigenvalue weighted by Crippen LogP contribution is -2.33. The van der Waals surface area contributed by atoms with Crippen molar-refractivity contribution in [3.63, 3.8) is 0 Å². The number of methoxy groups -OCH3 is 1. The van der Waals surface area contributed by atoms with Crippen molar-refractivity contribution < 1.29 is 14.6 Å². The Labute approximate surface area is 113 Å². The van der Waals surface area contributed by atoms with Gasteiger partial charge in [0, 0.05) is 13.0 Å². The second kappa shape index (κ2) is 6.57. The number of aliphatic hydroxyl groups excluding tert-OH is 1. The van der Waals surface area contributed by atoms with Gasteiger partial charge in [0.05, 0.1) is 13.2 Å². The van der Waals surface area contributed by atoms with Gasteiger partial charge >= 0.3 is 0 Å². The summed E-state index contributed by atoms with van der Waals surface area (Å²) in [7, 11) is 1.63. The second-order valence-corrected chi connectivity index (χ2v) is 5.06. The van der Waals surface area contributed by atoms with Crippen molar-refractivity contribution in [1.82, 2.24) is 5.32 Å². The zero-order chi connectivity index (χ0) is 13.7. The largest absolute Gasteiger partial charge is 0.497 e. The molecule has 0 bridgehead atoms. The summed E-state index contributed by atoms with van der Waals surface area (Å²) in [5, 5.41) is 12.4. The Hall–Kier alpha value is -1.55. The summed E-state index contributed by atoms with van der Waals surface area (Å²) in [5.74, 6) is 1.22. The van der Waals surface area contributed by atoms with Gasteiger partial charge in [-0.05, 0) is 42.9 Å². The molecule has 4 heteroatoms. The smallest absolute Gasteiger partial charge is 0.220 e. The molecule has 0 radical (unpaired) electrons. The molecule has 104 valence electrons. The molecule has 1 aromatic rings. The molecule has 19 heavy (non-hydrogen) atoms. The zero-order valence-corrected chi connectivity index (χ0v) is 11.3. The lowest BCUT2D eigenvalue weighted by molar-refractivity contribution is -0.121. The van der Waals surface area contributed by atoms with E-state index in [9.17, 15) is 9.90 Å². The summed E-state index contributed by atoms with van der Waals surface area (Å²) >= 11 is 0. The predicted octanol–water partition coefficient (Wildman–Crippen LogP) is 1.51. The second-order valence-electron chi connectivity index (χ2n) is 5.06. The first-order valence-corrected chi connectivity index (χ1v) is 6.76. The Balaban J connectivity index is 1.67. The third kappa shape index (κ3) is 4.56. The van der Waals surface area contributed by atoms with Gasteiger partial charge in [0.1, 0.15) is 5.75 Å². The molecule has 1 unspecified atom stereocenters. The first-order valence-electron chi connectivity index (χ1n) is 6.76. The Morgan fingerprint density at radius 2 is 2.11 bits per heavy atom. The highest BCUT2D eigenvalue weighted by molar-refractivity contribution is 5.76. The Bertz CT molecular complexity index is 412. The molecular formula is C15H21NO3. The summed E-state index contributed by atoms with van der Waals surface area (Å²) in [4.78, 5) is 11.6. The molecule has 0 heterocycles. The monoisotopic (exact) mass is 263 g/mol. The number of hydrogen-bond donors (Lipinski definition) is 2. The van der Waals surface area contributed by atoms with Crippen molar-refractivity contribution in [3.05, 3.63) is 29.8 Å². The van der Waals surface area contributed by atoms with Crippen molar-refractivity contribution in [1.29, 1.82) is 0 Å². The van der Waals surface area contributed by atoms with E-state index in [1.165, 1.54) is 0 Å². The fourth-order valence-corrected chi connectivity index (χ4v) is 2.00. The fraction of sp³-hybridized carbons (Fsp3) is 0.533. The number of benzene rings is 1. The maximum absolute atomic E-state index is 11.6. The number of hydrogen-bond acceptors (Lipinski definition) is 3. The number of aryl methyl sites for hydroxylation is 1. The molecule has 1 aliphatic carbocycles. The number of carbonyl (C=O) groups excluding carboxylic acids is 1. The van der Waals surface area contributed by atoms with E-state index < -0.39 is 0 Å². The van der Waals surface area contributed by atoms with E-state index in [0.29, 0.717) is 25.3 Å². The minimum atomic E-state index is -0.370. The molecule has 1 aliphatic rings. The van der Waals surface area contributed by atoms with Gasteiger partial charge in [-0.2, -0.15) is 0 Å². The van der Waals surface area contributed by atoms with Crippen molar-refractivity contribution in [2.45, 2.75) is 31.8 Å². The predicted molar refractivity (Wildman–Crippen MR) is 73.1 cm³/mol. The molecule has 0 aromatic heterocycles. The lowest BCUT2D eigenvalue weighted by Gasteiger charge is -2.10. The van der Waals surface area contributed by atoms with E-state index in [1.807, 2.05) is 24.3 Å². The van der Waals surface area contributed by atoms with Crippen molar-refractivity contribution in [3.8, 4) is 5.75 Å². The highest BCUT2D eigenvalue weighted by Gasteiger charge is 2.29.